The molecule has 0 spiro atoms. The molecule has 1 N–H and O–H groups in total. The highest BCUT2D eigenvalue weighted by atomic mass is 16.5. The molecule has 4 atom stereocenters. The van der Waals surface area contributed by atoms with E-state index in [1.54, 1.807) is 7.11 Å². The van der Waals surface area contributed by atoms with Gasteiger partial charge in [-0.05, 0) is 37.2 Å². The Hall–Kier alpha value is -1.02. The first-order chi connectivity index (χ1) is 9.65. The second-order valence-corrected chi connectivity index (χ2v) is 6.37. The largest absolute Gasteiger partial charge is 0.496 e. The molecule has 2 rings (SSSR count). The lowest BCUT2D eigenvalue weighted by atomic mass is 9.79. The molecule has 0 saturated heterocycles. The van der Waals surface area contributed by atoms with Crippen LogP contribution in [0.3, 0.4) is 0 Å². The Kier molecular flexibility index (Phi) is 5.47. The fourth-order valence-corrected chi connectivity index (χ4v) is 3.40. The number of hydrogen-bond acceptors (Lipinski definition) is 2. The summed E-state index contributed by atoms with van der Waals surface area (Å²) >= 11 is 0. The quantitative estimate of drug-likeness (QED) is 0.850. The first-order valence-electron chi connectivity index (χ1n) is 8.04. The van der Waals surface area contributed by atoms with Gasteiger partial charge >= 0.3 is 0 Å². The van der Waals surface area contributed by atoms with Crippen molar-refractivity contribution in [3.63, 3.8) is 0 Å². The Bertz CT molecular complexity index is 418. The van der Waals surface area contributed by atoms with Crippen molar-refractivity contribution in [1.82, 2.24) is 5.32 Å². The van der Waals surface area contributed by atoms with Gasteiger partial charge in [-0.15, -0.1) is 0 Å². The zero-order valence-corrected chi connectivity index (χ0v) is 13.4. The molecule has 0 aromatic heterocycles. The molecular formula is C18H29NO. The molecule has 1 saturated carbocycles. The summed E-state index contributed by atoms with van der Waals surface area (Å²) in [6.45, 7) is 7.02. The highest BCUT2D eigenvalue weighted by Crippen LogP contribution is 2.33. The predicted molar refractivity (Wildman–Crippen MR) is 85.1 cm³/mol. The number of para-hydroxylation sites is 1. The lowest BCUT2D eigenvalue weighted by Gasteiger charge is -2.36. The van der Waals surface area contributed by atoms with Gasteiger partial charge in [0.05, 0.1) is 7.11 Å². The van der Waals surface area contributed by atoms with Crippen molar-refractivity contribution in [2.45, 2.75) is 58.5 Å². The van der Waals surface area contributed by atoms with Crippen LogP contribution in [0.25, 0.3) is 0 Å². The molecule has 4 unspecified atom stereocenters. The van der Waals surface area contributed by atoms with Crippen molar-refractivity contribution >= 4 is 0 Å². The van der Waals surface area contributed by atoms with Crippen LogP contribution in [-0.2, 0) is 0 Å². The normalized spacial score (nSPS) is 28.1. The molecule has 1 aromatic rings. The fraction of sp³-hybridized carbons (Fsp3) is 0.667. The summed E-state index contributed by atoms with van der Waals surface area (Å²) in [5.41, 5.74) is 1.29. The number of benzene rings is 1. The van der Waals surface area contributed by atoms with Gasteiger partial charge < -0.3 is 10.1 Å². The second kappa shape index (κ2) is 7.12. The molecule has 20 heavy (non-hydrogen) atoms. The van der Waals surface area contributed by atoms with Gasteiger partial charge in [-0.2, -0.15) is 0 Å². The van der Waals surface area contributed by atoms with Crippen LogP contribution in [0.4, 0.5) is 0 Å². The van der Waals surface area contributed by atoms with Crippen LogP contribution in [0.5, 0.6) is 5.75 Å². The van der Waals surface area contributed by atoms with Crippen molar-refractivity contribution in [3.8, 4) is 5.75 Å². The molecule has 2 heteroatoms. The van der Waals surface area contributed by atoms with Crippen molar-refractivity contribution in [1.29, 1.82) is 0 Å². The fourth-order valence-electron chi connectivity index (χ4n) is 3.40. The zero-order valence-electron chi connectivity index (χ0n) is 13.4. The molecular weight excluding hydrogens is 246 g/mol. The van der Waals surface area contributed by atoms with Gasteiger partial charge in [0.25, 0.3) is 0 Å². The van der Waals surface area contributed by atoms with E-state index in [2.05, 4.69) is 44.3 Å². The number of rotatable bonds is 5. The minimum absolute atomic E-state index is 0.392. The van der Waals surface area contributed by atoms with E-state index in [-0.39, 0.29) is 0 Å². The second-order valence-electron chi connectivity index (χ2n) is 6.37. The number of ether oxygens (including phenoxy) is 1. The van der Waals surface area contributed by atoms with E-state index in [4.69, 9.17) is 4.74 Å². The number of methoxy groups -OCH3 is 1. The molecule has 2 nitrogen and oxygen atoms in total. The minimum Gasteiger partial charge on any atom is -0.496 e. The number of hydrogen-bond donors (Lipinski definition) is 1. The smallest absolute Gasteiger partial charge is 0.123 e. The van der Waals surface area contributed by atoms with E-state index >= 15 is 0 Å². The highest BCUT2D eigenvalue weighted by molar-refractivity contribution is 5.35. The third-order valence-corrected chi connectivity index (χ3v) is 4.80. The molecule has 0 aliphatic heterocycles. The van der Waals surface area contributed by atoms with Crippen molar-refractivity contribution in [2.75, 3.05) is 7.11 Å². The van der Waals surface area contributed by atoms with Crippen molar-refractivity contribution in [2.24, 2.45) is 11.8 Å². The SMILES string of the molecule is CCC(NC1CC(C)CCC1C)c1ccccc1OC. The summed E-state index contributed by atoms with van der Waals surface area (Å²) in [5.74, 6) is 2.62. The van der Waals surface area contributed by atoms with E-state index in [1.807, 2.05) is 6.07 Å². The van der Waals surface area contributed by atoms with Gasteiger partial charge in [-0.25, -0.2) is 0 Å². The molecule has 1 aromatic carbocycles. The average Bonchev–Trinajstić information content (AvgIpc) is 2.48. The maximum Gasteiger partial charge on any atom is 0.123 e. The maximum absolute atomic E-state index is 5.53. The first kappa shape index (κ1) is 15.4. The summed E-state index contributed by atoms with van der Waals surface area (Å²) in [4.78, 5) is 0. The zero-order chi connectivity index (χ0) is 14.5. The summed E-state index contributed by atoms with van der Waals surface area (Å²) in [6, 6.07) is 9.43. The summed E-state index contributed by atoms with van der Waals surface area (Å²) in [5, 5.41) is 3.90. The monoisotopic (exact) mass is 275 g/mol. The molecule has 0 bridgehead atoms. The summed E-state index contributed by atoms with van der Waals surface area (Å²) < 4.78 is 5.53. The molecule has 1 fully saturated rings. The van der Waals surface area contributed by atoms with Crippen LogP contribution in [0, 0.1) is 11.8 Å². The van der Waals surface area contributed by atoms with E-state index in [0.29, 0.717) is 12.1 Å². The molecule has 112 valence electrons. The Labute approximate surface area is 123 Å². The molecule has 1 aliphatic carbocycles. The van der Waals surface area contributed by atoms with E-state index in [0.717, 1.165) is 24.0 Å². The highest BCUT2D eigenvalue weighted by Gasteiger charge is 2.27. The Morgan fingerprint density at radius 2 is 2.00 bits per heavy atom. The molecule has 1 aliphatic rings. The third kappa shape index (κ3) is 3.54. The van der Waals surface area contributed by atoms with Gasteiger partial charge in [0, 0.05) is 17.6 Å². The van der Waals surface area contributed by atoms with Crippen LogP contribution in [0.15, 0.2) is 24.3 Å². The van der Waals surface area contributed by atoms with Crippen LogP contribution in [0.1, 0.15) is 58.1 Å². The van der Waals surface area contributed by atoms with Gasteiger partial charge in [-0.1, -0.05) is 45.4 Å². The first-order valence-corrected chi connectivity index (χ1v) is 8.04. The Balaban J connectivity index is 2.12. The van der Waals surface area contributed by atoms with Gasteiger partial charge in [0.2, 0.25) is 0 Å². The minimum atomic E-state index is 0.392. The lowest BCUT2D eigenvalue weighted by molar-refractivity contribution is 0.210. The van der Waals surface area contributed by atoms with Crippen molar-refractivity contribution < 1.29 is 4.74 Å². The summed E-state index contributed by atoms with van der Waals surface area (Å²) in [6.07, 6.45) is 5.12. The molecule has 0 amide bonds. The van der Waals surface area contributed by atoms with Gasteiger partial charge in [-0.3, -0.25) is 0 Å². The van der Waals surface area contributed by atoms with Crippen molar-refractivity contribution in [3.05, 3.63) is 29.8 Å². The number of nitrogens with one attached hydrogen (secondary N) is 1. The average molecular weight is 275 g/mol. The standard InChI is InChI=1S/C18H29NO/c1-5-16(15-8-6-7-9-18(15)20-4)19-17-12-13(2)10-11-14(17)3/h6-9,13-14,16-17,19H,5,10-12H2,1-4H3. The van der Waals surface area contributed by atoms with Gasteiger partial charge in [0.15, 0.2) is 0 Å². The van der Waals surface area contributed by atoms with E-state index in [1.165, 1.54) is 24.8 Å². The van der Waals surface area contributed by atoms with E-state index < -0.39 is 0 Å². The molecule has 0 radical (unpaired) electrons. The molecule has 0 heterocycles. The third-order valence-electron chi connectivity index (χ3n) is 4.80. The van der Waals surface area contributed by atoms with Crippen LogP contribution >= 0.6 is 0 Å². The Morgan fingerprint density at radius 3 is 2.70 bits per heavy atom. The lowest BCUT2D eigenvalue weighted by Crippen LogP contribution is -2.41. The maximum atomic E-state index is 5.53. The van der Waals surface area contributed by atoms with Gasteiger partial charge in [0.1, 0.15) is 5.75 Å². The van der Waals surface area contributed by atoms with Crippen LogP contribution < -0.4 is 10.1 Å². The Morgan fingerprint density at radius 1 is 1.25 bits per heavy atom. The van der Waals surface area contributed by atoms with Crippen LogP contribution in [-0.4, -0.2) is 13.2 Å². The summed E-state index contributed by atoms with van der Waals surface area (Å²) in [7, 11) is 1.76. The van der Waals surface area contributed by atoms with E-state index in [9.17, 15) is 0 Å². The van der Waals surface area contributed by atoms with Crippen LogP contribution in [0.2, 0.25) is 0 Å². The topological polar surface area (TPSA) is 21.3 Å². The predicted octanol–water partition coefficient (Wildman–Crippen LogP) is 4.56.